The number of rotatable bonds is 6. The number of fused-ring (bicyclic) bond motifs is 4. The number of piperidine rings is 3. The third-order valence-electron chi connectivity index (χ3n) is 8.83. The van der Waals surface area contributed by atoms with Crippen molar-refractivity contribution in [1.29, 1.82) is 0 Å². The van der Waals surface area contributed by atoms with Gasteiger partial charge in [0.25, 0.3) is 0 Å². The Morgan fingerprint density at radius 1 is 1.03 bits per heavy atom. The van der Waals surface area contributed by atoms with Gasteiger partial charge in [-0.05, 0) is 90.8 Å². The summed E-state index contributed by atoms with van der Waals surface area (Å²) in [5.41, 5.74) is 6.55. The van der Waals surface area contributed by atoms with E-state index >= 15 is 0 Å². The fraction of sp³-hybridized carbons (Fsp3) is 0.552. The Bertz CT molecular complexity index is 987. The van der Waals surface area contributed by atoms with E-state index in [1.807, 2.05) is 0 Å². The van der Waals surface area contributed by atoms with Crippen LogP contribution in [0.5, 0.6) is 0 Å². The van der Waals surface area contributed by atoms with Crippen LogP contribution in [0.1, 0.15) is 69.2 Å². The number of nitrogens with one attached hydrogen (secondary N) is 1. The summed E-state index contributed by atoms with van der Waals surface area (Å²) in [7, 11) is 0. The van der Waals surface area contributed by atoms with E-state index in [0.29, 0.717) is 5.92 Å². The molecule has 33 heavy (non-hydrogen) atoms. The maximum absolute atomic E-state index is 13.1. The quantitative estimate of drug-likeness (QED) is 0.579. The van der Waals surface area contributed by atoms with E-state index in [-0.39, 0.29) is 23.7 Å². The standard InChI is InChI=1S/C29H38N2O2/c1-4-20-7-9-21(10-8-20)23-11-12-25-24(17-23)18-29(5-2,6-3)27(25)30-28(32)33-26-19-31-15-13-22(26)14-16-31/h7-12,17,22,26-27H,4-6,13-16,18-19H2,1-3H3,(H,30,32)/t26-,27?/m1/s1. The van der Waals surface area contributed by atoms with Gasteiger partial charge >= 0.3 is 6.09 Å². The Kier molecular flexibility index (Phi) is 6.22. The van der Waals surface area contributed by atoms with Crippen molar-refractivity contribution in [3.8, 4) is 11.1 Å². The molecule has 0 aromatic heterocycles. The van der Waals surface area contributed by atoms with Crippen LogP contribution >= 0.6 is 0 Å². The molecule has 1 amide bonds. The maximum Gasteiger partial charge on any atom is 0.407 e. The molecule has 2 aromatic carbocycles. The molecule has 2 aromatic rings. The molecular weight excluding hydrogens is 408 g/mol. The van der Waals surface area contributed by atoms with Crippen LogP contribution in [-0.4, -0.2) is 36.7 Å². The number of hydrogen-bond donors (Lipinski definition) is 1. The Labute approximate surface area is 198 Å². The van der Waals surface area contributed by atoms with Crippen molar-refractivity contribution in [3.05, 3.63) is 59.2 Å². The number of carbonyl (C=O) groups excluding carboxylic acids is 1. The first-order chi connectivity index (χ1) is 16.0. The number of nitrogens with zero attached hydrogens (tertiary/aromatic N) is 1. The summed E-state index contributed by atoms with van der Waals surface area (Å²) >= 11 is 0. The van der Waals surface area contributed by atoms with E-state index in [2.05, 4.69) is 73.5 Å². The first-order valence-electron chi connectivity index (χ1n) is 13.0. The Morgan fingerprint density at radius 3 is 2.33 bits per heavy atom. The number of carbonyl (C=O) groups is 1. The number of aryl methyl sites for hydroxylation is 1. The molecule has 0 spiro atoms. The molecular formula is C29H38N2O2. The molecule has 4 nitrogen and oxygen atoms in total. The predicted octanol–water partition coefficient (Wildman–Crippen LogP) is 6.14. The molecule has 2 atom stereocenters. The summed E-state index contributed by atoms with van der Waals surface area (Å²) < 4.78 is 6.01. The van der Waals surface area contributed by atoms with Gasteiger partial charge in [0.1, 0.15) is 6.10 Å². The van der Waals surface area contributed by atoms with Gasteiger partial charge in [-0.1, -0.05) is 63.2 Å². The van der Waals surface area contributed by atoms with E-state index in [4.69, 9.17) is 4.74 Å². The Hall–Kier alpha value is -2.33. The van der Waals surface area contributed by atoms with E-state index in [9.17, 15) is 4.79 Å². The number of ether oxygens (including phenoxy) is 1. The second-order valence-electron chi connectivity index (χ2n) is 10.4. The topological polar surface area (TPSA) is 41.6 Å². The lowest BCUT2D eigenvalue weighted by Gasteiger charge is -2.44. The van der Waals surface area contributed by atoms with Crippen molar-refractivity contribution in [2.45, 2.75) is 71.4 Å². The third kappa shape index (κ3) is 4.19. The molecule has 3 fully saturated rings. The molecule has 1 N–H and O–H groups in total. The average molecular weight is 447 g/mol. The number of alkyl carbamates (subject to hydrolysis) is 1. The molecule has 3 aliphatic heterocycles. The number of amides is 1. The lowest BCUT2D eigenvalue weighted by atomic mass is 9.76. The highest BCUT2D eigenvalue weighted by atomic mass is 16.6. The van der Waals surface area contributed by atoms with Crippen molar-refractivity contribution >= 4 is 6.09 Å². The first-order valence-corrected chi connectivity index (χ1v) is 13.0. The smallest absolute Gasteiger partial charge is 0.407 e. The van der Waals surface area contributed by atoms with Gasteiger partial charge in [-0.2, -0.15) is 0 Å². The monoisotopic (exact) mass is 446 g/mol. The lowest BCUT2D eigenvalue weighted by molar-refractivity contribution is -0.0353. The summed E-state index contributed by atoms with van der Waals surface area (Å²) in [5, 5.41) is 3.33. The fourth-order valence-electron chi connectivity index (χ4n) is 6.44. The first kappa shape index (κ1) is 22.5. The van der Waals surface area contributed by atoms with Gasteiger partial charge in [-0.3, -0.25) is 4.90 Å². The van der Waals surface area contributed by atoms with E-state index < -0.39 is 0 Å². The number of benzene rings is 2. The van der Waals surface area contributed by atoms with Crippen molar-refractivity contribution in [1.82, 2.24) is 10.2 Å². The molecule has 2 bridgehead atoms. The second-order valence-corrected chi connectivity index (χ2v) is 10.4. The molecule has 3 saturated heterocycles. The molecule has 6 rings (SSSR count). The molecule has 0 saturated carbocycles. The van der Waals surface area contributed by atoms with E-state index in [1.165, 1.54) is 27.8 Å². The molecule has 4 aliphatic rings. The summed E-state index contributed by atoms with van der Waals surface area (Å²) in [6.45, 7) is 9.90. The zero-order chi connectivity index (χ0) is 23.0. The zero-order valence-electron chi connectivity index (χ0n) is 20.4. The fourth-order valence-corrected chi connectivity index (χ4v) is 6.44. The van der Waals surface area contributed by atoms with Gasteiger partial charge < -0.3 is 10.1 Å². The lowest BCUT2D eigenvalue weighted by Crippen LogP contribution is -2.53. The molecule has 3 heterocycles. The summed E-state index contributed by atoms with van der Waals surface area (Å²) in [5.74, 6) is 0.528. The SMILES string of the molecule is CCc1ccc(-c2ccc3c(c2)CC(CC)(CC)C3NC(=O)O[C@@H]2CN3CCC2CC3)cc1. The molecule has 1 unspecified atom stereocenters. The maximum atomic E-state index is 13.1. The van der Waals surface area contributed by atoms with E-state index in [0.717, 1.165) is 58.2 Å². The molecule has 176 valence electrons. The number of hydrogen-bond acceptors (Lipinski definition) is 3. The highest BCUT2D eigenvalue weighted by Gasteiger charge is 2.45. The largest absolute Gasteiger partial charge is 0.445 e. The normalized spacial score (nSPS) is 27.2. The van der Waals surface area contributed by atoms with Crippen LogP contribution in [0.15, 0.2) is 42.5 Å². The minimum absolute atomic E-state index is 0.00704. The minimum atomic E-state index is -0.239. The average Bonchev–Trinajstić information content (AvgIpc) is 3.17. The van der Waals surface area contributed by atoms with Crippen LogP contribution in [0, 0.1) is 11.3 Å². The van der Waals surface area contributed by atoms with Crippen LogP contribution in [0.3, 0.4) is 0 Å². The summed E-state index contributed by atoms with van der Waals surface area (Å²) in [4.78, 5) is 15.5. The van der Waals surface area contributed by atoms with Crippen molar-refractivity contribution in [2.75, 3.05) is 19.6 Å². The van der Waals surface area contributed by atoms with Crippen molar-refractivity contribution in [3.63, 3.8) is 0 Å². The van der Waals surface area contributed by atoms with Gasteiger partial charge in [0.2, 0.25) is 0 Å². The zero-order valence-corrected chi connectivity index (χ0v) is 20.4. The second kappa shape index (κ2) is 9.13. The highest BCUT2D eigenvalue weighted by Crippen LogP contribution is 2.51. The van der Waals surface area contributed by atoms with Crippen LogP contribution in [0.2, 0.25) is 0 Å². The van der Waals surface area contributed by atoms with Gasteiger partial charge in [-0.15, -0.1) is 0 Å². The van der Waals surface area contributed by atoms with Gasteiger partial charge in [0.05, 0.1) is 6.04 Å². The molecule has 0 radical (unpaired) electrons. The van der Waals surface area contributed by atoms with Gasteiger partial charge in [0.15, 0.2) is 0 Å². The Balaban J connectivity index is 1.36. The third-order valence-corrected chi connectivity index (χ3v) is 8.83. The van der Waals surface area contributed by atoms with Gasteiger partial charge in [0, 0.05) is 6.54 Å². The Morgan fingerprint density at radius 2 is 1.73 bits per heavy atom. The van der Waals surface area contributed by atoms with Crippen LogP contribution in [0.25, 0.3) is 11.1 Å². The van der Waals surface area contributed by atoms with Crippen molar-refractivity contribution < 1.29 is 9.53 Å². The molecule has 1 aliphatic carbocycles. The van der Waals surface area contributed by atoms with Gasteiger partial charge in [-0.25, -0.2) is 4.79 Å². The van der Waals surface area contributed by atoms with Crippen LogP contribution < -0.4 is 5.32 Å². The highest BCUT2D eigenvalue weighted by molar-refractivity contribution is 5.70. The van der Waals surface area contributed by atoms with Crippen molar-refractivity contribution in [2.24, 2.45) is 11.3 Å². The van der Waals surface area contributed by atoms with Crippen LogP contribution in [-0.2, 0) is 17.6 Å². The van der Waals surface area contributed by atoms with Crippen LogP contribution in [0.4, 0.5) is 4.79 Å². The summed E-state index contributed by atoms with van der Waals surface area (Å²) in [6.07, 6.45) is 6.23. The van der Waals surface area contributed by atoms with E-state index in [1.54, 1.807) is 0 Å². The molecule has 4 heteroatoms. The summed E-state index contributed by atoms with van der Waals surface area (Å²) in [6, 6.07) is 15.7. The predicted molar refractivity (Wildman–Crippen MR) is 133 cm³/mol. The minimum Gasteiger partial charge on any atom is -0.445 e.